The summed E-state index contributed by atoms with van der Waals surface area (Å²) in [7, 11) is 0. The number of benzene rings is 1. The summed E-state index contributed by atoms with van der Waals surface area (Å²) in [6.45, 7) is 3.29. The highest BCUT2D eigenvalue weighted by molar-refractivity contribution is 5.95. The van der Waals surface area contributed by atoms with E-state index < -0.39 is 12.6 Å². The maximum absolute atomic E-state index is 12.9. The Morgan fingerprint density at radius 2 is 2.04 bits per heavy atom. The standard InChI is InChI=1S/C18H23F3N2O/c19-18(20,21)8-6-14-4-1-2-5-15(14)16(24)23-11-3-7-17(13-23)9-10-22-12-17/h1-2,4-5,22H,3,6-13H2. The van der Waals surface area contributed by atoms with Gasteiger partial charge in [0.2, 0.25) is 0 Å². The minimum atomic E-state index is -4.21. The van der Waals surface area contributed by atoms with Gasteiger partial charge in [-0.15, -0.1) is 0 Å². The van der Waals surface area contributed by atoms with Crippen LogP contribution in [0, 0.1) is 5.41 Å². The third-order valence-corrected chi connectivity index (χ3v) is 5.21. The molecule has 132 valence electrons. The van der Waals surface area contributed by atoms with Gasteiger partial charge in [-0.2, -0.15) is 13.2 Å². The summed E-state index contributed by atoms with van der Waals surface area (Å²) in [4.78, 5) is 14.7. The molecule has 2 saturated heterocycles. The van der Waals surface area contributed by atoms with Gasteiger partial charge in [-0.05, 0) is 43.9 Å². The van der Waals surface area contributed by atoms with Crippen LogP contribution < -0.4 is 5.32 Å². The van der Waals surface area contributed by atoms with Crippen LogP contribution in [0.5, 0.6) is 0 Å². The van der Waals surface area contributed by atoms with E-state index in [9.17, 15) is 18.0 Å². The number of rotatable bonds is 3. The van der Waals surface area contributed by atoms with Crippen LogP contribution in [0.15, 0.2) is 24.3 Å². The first kappa shape index (κ1) is 17.3. The van der Waals surface area contributed by atoms with Gasteiger partial charge in [0.05, 0.1) is 0 Å². The van der Waals surface area contributed by atoms with E-state index >= 15 is 0 Å². The van der Waals surface area contributed by atoms with Crippen molar-refractivity contribution in [2.45, 2.75) is 38.3 Å². The van der Waals surface area contributed by atoms with Crippen molar-refractivity contribution in [1.29, 1.82) is 0 Å². The summed E-state index contributed by atoms with van der Waals surface area (Å²) >= 11 is 0. The van der Waals surface area contributed by atoms with E-state index in [0.29, 0.717) is 24.2 Å². The number of piperidine rings is 1. The first-order valence-corrected chi connectivity index (χ1v) is 8.53. The Balaban J connectivity index is 1.75. The Morgan fingerprint density at radius 1 is 1.25 bits per heavy atom. The fraction of sp³-hybridized carbons (Fsp3) is 0.611. The van der Waals surface area contributed by atoms with E-state index in [-0.39, 0.29) is 17.7 Å². The third-order valence-electron chi connectivity index (χ3n) is 5.21. The molecule has 2 fully saturated rings. The monoisotopic (exact) mass is 340 g/mol. The highest BCUT2D eigenvalue weighted by Gasteiger charge is 2.39. The second-order valence-electron chi connectivity index (χ2n) is 7.03. The highest BCUT2D eigenvalue weighted by Crippen LogP contribution is 2.36. The lowest BCUT2D eigenvalue weighted by Crippen LogP contribution is -2.47. The average Bonchev–Trinajstić information content (AvgIpc) is 2.99. The number of halogens is 3. The van der Waals surface area contributed by atoms with Gasteiger partial charge in [-0.25, -0.2) is 0 Å². The van der Waals surface area contributed by atoms with Gasteiger partial charge >= 0.3 is 6.18 Å². The normalized spacial score (nSPS) is 24.5. The summed E-state index contributed by atoms with van der Waals surface area (Å²) in [6.07, 6.45) is -2.12. The molecular weight excluding hydrogens is 317 g/mol. The maximum Gasteiger partial charge on any atom is 0.389 e. The Hall–Kier alpha value is -1.56. The van der Waals surface area contributed by atoms with Crippen molar-refractivity contribution in [3.05, 3.63) is 35.4 Å². The van der Waals surface area contributed by atoms with Gasteiger partial charge in [-0.3, -0.25) is 4.79 Å². The van der Waals surface area contributed by atoms with Crippen molar-refractivity contribution in [2.24, 2.45) is 5.41 Å². The van der Waals surface area contributed by atoms with Gasteiger partial charge < -0.3 is 10.2 Å². The molecule has 1 spiro atoms. The van der Waals surface area contributed by atoms with E-state index in [1.165, 1.54) is 0 Å². The minimum absolute atomic E-state index is 0.126. The number of likely N-dealkylation sites (tertiary alicyclic amines) is 1. The highest BCUT2D eigenvalue weighted by atomic mass is 19.4. The topological polar surface area (TPSA) is 32.3 Å². The van der Waals surface area contributed by atoms with Crippen LogP contribution in [0.3, 0.4) is 0 Å². The van der Waals surface area contributed by atoms with Gasteiger partial charge in [0, 0.05) is 37.0 Å². The molecule has 1 amide bonds. The molecule has 3 nitrogen and oxygen atoms in total. The second kappa shape index (κ2) is 6.75. The molecular formula is C18H23F3N2O. The molecule has 1 aromatic rings. The second-order valence-corrected chi connectivity index (χ2v) is 7.03. The predicted octanol–water partition coefficient (Wildman–Crippen LogP) is 3.40. The number of carbonyl (C=O) groups excluding carboxylic acids is 1. The minimum Gasteiger partial charge on any atom is -0.338 e. The molecule has 1 N–H and O–H groups in total. The first-order chi connectivity index (χ1) is 11.4. The summed E-state index contributed by atoms with van der Waals surface area (Å²) < 4.78 is 37.6. The van der Waals surface area contributed by atoms with Crippen molar-refractivity contribution in [2.75, 3.05) is 26.2 Å². The number of alkyl halides is 3. The molecule has 3 rings (SSSR count). The van der Waals surface area contributed by atoms with Crippen LogP contribution in [0.1, 0.15) is 41.6 Å². The molecule has 0 radical (unpaired) electrons. The average molecular weight is 340 g/mol. The molecule has 0 saturated carbocycles. The summed E-state index contributed by atoms with van der Waals surface area (Å²) in [6, 6.07) is 6.71. The van der Waals surface area contributed by atoms with E-state index in [1.54, 1.807) is 24.3 Å². The lowest BCUT2D eigenvalue weighted by atomic mass is 9.79. The molecule has 1 unspecified atom stereocenters. The number of hydrogen-bond donors (Lipinski definition) is 1. The zero-order valence-electron chi connectivity index (χ0n) is 13.7. The quantitative estimate of drug-likeness (QED) is 0.915. The van der Waals surface area contributed by atoms with Gasteiger partial charge in [-0.1, -0.05) is 18.2 Å². The lowest BCUT2D eigenvalue weighted by molar-refractivity contribution is -0.134. The van der Waals surface area contributed by atoms with Crippen molar-refractivity contribution in [1.82, 2.24) is 10.2 Å². The Bertz CT molecular complexity index is 594. The Kier molecular flexibility index (Phi) is 4.85. The zero-order chi connectivity index (χ0) is 17.2. The predicted molar refractivity (Wildman–Crippen MR) is 85.9 cm³/mol. The van der Waals surface area contributed by atoms with Crippen LogP contribution in [0.2, 0.25) is 0 Å². The summed E-state index contributed by atoms with van der Waals surface area (Å²) in [5.74, 6) is -0.126. The summed E-state index contributed by atoms with van der Waals surface area (Å²) in [5, 5.41) is 3.37. The van der Waals surface area contributed by atoms with Crippen LogP contribution in [0.25, 0.3) is 0 Å². The van der Waals surface area contributed by atoms with Gasteiger partial charge in [0.15, 0.2) is 0 Å². The molecule has 1 aromatic carbocycles. The smallest absolute Gasteiger partial charge is 0.338 e. The van der Waals surface area contributed by atoms with Crippen molar-refractivity contribution >= 4 is 5.91 Å². The van der Waals surface area contributed by atoms with Crippen LogP contribution in [-0.2, 0) is 6.42 Å². The summed E-state index contributed by atoms with van der Waals surface area (Å²) in [5.41, 5.74) is 1.06. The fourth-order valence-electron chi connectivity index (χ4n) is 3.92. The number of carbonyl (C=O) groups is 1. The molecule has 0 aliphatic carbocycles. The van der Waals surface area contributed by atoms with Crippen LogP contribution in [0.4, 0.5) is 13.2 Å². The molecule has 0 aromatic heterocycles. The van der Waals surface area contributed by atoms with Crippen LogP contribution in [-0.4, -0.2) is 43.2 Å². The number of nitrogens with one attached hydrogen (secondary N) is 1. The van der Waals surface area contributed by atoms with E-state index in [2.05, 4.69) is 5.32 Å². The Morgan fingerprint density at radius 3 is 2.75 bits per heavy atom. The SMILES string of the molecule is O=C(c1ccccc1CCC(F)(F)F)N1CCCC2(CCNC2)C1. The molecule has 6 heteroatoms. The maximum atomic E-state index is 12.9. The van der Waals surface area contributed by atoms with Crippen molar-refractivity contribution in [3.8, 4) is 0 Å². The fourth-order valence-corrected chi connectivity index (χ4v) is 3.92. The number of nitrogens with zero attached hydrogens (tertiary/aromatic N) is 1. The van der Waals surface area contributed by atoms with Crippen molar-refractivity contribution < 1.29 is 18.0 Å². The molecule has 24 heavy (non-hydrogen) atoms. The molecule has 2 aliphatic rings. The third kappa shape index (κ3) is 3.91. The largest absolute Gasteiger partial charge is 0.389 e. The van der Waals surface area contributed by atoms with Crippen molar-refractivity contribution in [3.63, 3.8) is 0 Å². The number of amides is 1. The number of aryl methyl sites for hydroxylation is 1. The first-order valence-electron chi connectivity index (χ1n) is 8.53. The van der Waals surface area contributed by atoms with E-state index in [4.69, 9.17) is 0 Å². The number of hydrogen-bond acceptors (Lipinski definition) is 2. The lowest BCUT2D eigenvalue weighted by Gasteiger charge is -2.40. The van der Waals surface area contributed by atoms with Gasteiger partial charge in [0.25, 0.3) is 5.91 Å². The molecule has 1 atom stereocenters. The Labute approximate surface area is 140 Å². The van der Waals surface area contributed by atoms with Crippen LogP contribution >= 0.6 is 0 Å². The van der Waals surface area contributed by atoms with E-state index in [1.807, 2.05) is 4.90 Å². The van der Waals surface area contributed by atoms with Gasteiger partial charge in [0.1, 0.15) is 0 Å². The zero-order valence-corrected chi connectivity index (χ0v) is 13.7. The molecule has 2 heterocycles. The molecule has 2 aliphatic heterocycles. The molecule has 0 bridgehead atoms. The van der Waals surface area contributed by atoms with E-state index in [0.717, 1.165) is 32.4 Å².